The molecule has 0 aliphatic rings. The fourth-order valence-electron chi connectivity index (χ4n) is 15.8. The van der Waals surface area contributed by atoms with E-state index < -0.39 is 0 Å². The van der Waals surface area contributed by atoms with Gasteiger partial charge in [0.05, 0.1) is 22.1 Å². The van der Waals surface area contributed by atoms with E-state index in [9.17, 15) is 0 Å². The zero-order chi connectivity index (χ0) is 74.0. The molecule has 6 aromatic heterocycles. The van der Waals surface area contributed by atoms with Gasteiger partial charge in [0.15, 0.2) is 34.9 Å². The largest absolute Gasteiger partial charge is 0.456 e. The van der Waals surface area contributed by atoms with Crippen molar-refractivity contribution in [1.29, 1.82) is 0 Å². The van der Waals surface area contributed by atoms with E-state index in [1.54, 1.807) is 0 Å². The molecular weight excluding hydrogens is 1370 g/mol. The maximum atomic E-state index is 6.12. The minimum absolute atomic E-state index is 0.638. The molecular formula is C102H64N8O2. The summed E-state index contributed by atoms with van der Waals surface area (Å²) in [7, 11) is 0. The highest BCUT2D eigenvalue weighted by atomic mass is 16.3. The maximum absolute atomic E-state index is 6.12. The lowest BCUT2D eigenvalue weighted by atomic mass is 10.0. The van der Waals surface area contributed by atoms with Crippen LogP contribution in [0.5, 0.6) is 0 Å². The van der Waals surface area contributed by atoms with Crippen molar-refractivity contribution >= 4 is 87.5 Å². The van der Waals surface area contributed by atoms with E-state index in [4.69, 9.17) is 38.7 Å². The van der Waals surface area contributed by atoms with Gasteiger partial charge in [-0.05, 0) is 148 Å². The molecule has 0 N–H and O–H groups in total. The lowest BCUT2D eigenvalue weighted by Gasteiger charge is -2.11. The average Bonchev–Trinajstić information content (AvgIpc) is 1.59. The number of hydrogen-bond donors (Lipinski definition) is 0. The van der Waals surface area contributed by atoms with E-state index >= 15 is 0 Å². The Morgan fingerprint density at radius 2 is 0.429 bits per heavy atom. The number of nitrogens with zero attached hydrogens (tertiary/aromatic N) is 8. The molecule has 0 spiro atoms. The molecule has 0 unspecified atom stereocenters. The maximum Gasteiger partial charge on any atom is 0.164 e. The second kappa shape index (κ2) is 27.5. The van der Waals surface area contributed by atoms with E-state index in [-0.39, 0.29) is 0 Å². The van der Waals surface area contributed by atoms with Gasteiger partial charge in [-0.15, -0.1) is 0 Å². The quantitative estimate of drug-likeness (QED) is 0.119. The molecule has 0 fully saturated rings. The SMILES string of the molecule is c1ccc(-c2nc(-c3ccccc3)nc(-c3ccc(-c4cccc(-n5c6ccccc6c6cc(-c7ccc8oc9ccccc9c8c7)ccc65)c4)cc3)n2)cc1.c1ccc(-c2nc(-c3ccccc3)nc(-c3cccc(-c4ccc(-n5c6ccccc6c6cc(-c7ccc8oc9ccccc9c8c7)ccc65)cc4)c3)n2)cc1. The van der Waals surface area contributed by atoms with Crippen LogP contribution >= 0.6 is 0 Å². The van der Waals surface area contributed by atoms with Gasteiger partial charge in [0, 0.05) is 87.8 Å². The number of benzene rings is 16. The number of fused-ring (bicyclic) bond motifs is 12. The monoisotopic (exact) mass is 1430 g/mol. The van der Waals surface area contributed by atoms with E-state index in [1.807, 2.05) is 146 Å². The molecule has 6 heterocycles. The smallest absolute Gasteiger partial charge is 0.164 e. The van der Waals surface area contributed by atoms with E-state index in [0.29, 0.717) is 34.9 Å². The highest BCUT2D eigenvalue weighted by molar-refractivity contribution is 6.13. The summed E-state index contributed by atoms with van der Waals surface area (Å²) in [6.45, 7) is 0. The van der Waals surface area contributed by atoms with Crippen LogP contribution in [0.25, 0.3) is 212 Å². The first-order chi connectivity index (χ1) is 55.5. The van der Waals surface area contributed by atoms with Gasteiger partial charge in [-0.3, -0.25) is 0 Å². The first-order valence-electron chi connectivity index (χ1n) is 37.5. The van der Waals surface area contributed by atoms with Gasteiger partial charge in [-0.1, -0.05) is 285 Å². The fourth-order valence-corrected chi connectivity index (χ4v) is 15.8. The van der Waals surface area contributed by atoms with Crippen molar-refractivity contribution in [3.63, 3.8) is 0 Å². The summed E-state index contributed by atoms with van der Waals surface area (Å²) >= 11 is 0. The first kappa shape index (κ1) is 65.1. The molecule has 16 aromatic carbocycles. The van der Waals surface area contributed by atoms with Crippen molar-refractivity contribution in [3.8, 4) is 124 Å². The summed E-state index contributed by atoms with van der Waals surface area (Å²) in [4.78, 5) is 29.5. The summed E-state index contributed by atoms with van der Waals surface area (Å²) in [5.74, 6) is 3.87. The Bertz CT molecular complexity index is 7240. The summed E-state index contributed by atoms with van der Waals surface area (Å²) in [6, 6.07) is 135. The molecule has 112 heavy (non-hydrogen) atoms. The van der Waals surface area contributed by atoms with Crippen LogP contribution < -0.4 is 0 Å². The van der Waals surface area contributed by atoms with Gasteiger partial charge in [0.2, 0.25) is 0 Å². The third-order valence-corrected chi connectivity index (χ3v) is 21.3. The molecule has 10 heteroatoms. The zero-order valence-corrected chi connectivity index (χ0v) is 60.3. The Labute approximate surface area is 643 Å². The molecule has 0 aliphatic carbocycles. The fraction of sp³-hybridized carbons (Fsp3) is 0. The normalized spacial score (nSPS) is 11.6. The standard InChI is InChI=1S/2C51H32N4O/c1-3-12-34(13-4-1)49-52-50(35-14-5-2-6-15-35)54-51(53-49)39-17-11-16-36(30-39)33-22-26-40(27-23-33)55-45-20-9-7-18-41(45)43-31-37(24-28-46(43)55)38-25-29-48-44(32-38)42-19-8-10-21-47(42)56-48;1-3-12-34(13-4-1)49-52-50(35-14-5-2-6-15-35)54-51(53-49)36-24-22-33(23-25-36)37-16-11-17-40(30-37)55-45-20-9-7-18-41(45)43-31-38(26-28-46(43)55)39-27-29-48-44(32-39)42-19-8-10-21-47(42)56-48/h2*1-32H. The highest BCUT2D eigenvalue weighted by Gasteiger charge is 2.21. The van der Waals surface area contributed by atoms with E-state index in [0.717, 1.165) is 127 Å². The van der Waals surface area contributed by atoms with Crippen molar-refractivity contribution < 1.29 is 8.83 Å². The van der Waals surface area contributed by atoms with Gasteiger partial charge >= 0.3 is 0 Å². The van der Waals surface area contributed by atoms with Gasteiger partial charge in [-0.2, -0.15) is 0 Å². The Morgan fingerprint density at radius 1 is 0.152 bits per heavy atom. The molecule has 0 amide bonds. The van der Waals surface area contributed by atoms with Crippen molar-refractivity contribution in [3.05, 3.63) is 388 Å². The molecule has 0 atom stereocenters. The molecule has 0 bridgehead atoms. The van der Waals surface area contributed by atoms with Crippen LogP contribution in [0.1, 0.15) is 0 Å². The van der Waals surface area contributed by atoms with Crippen LogP contribution in [0.2, 0.25) is 0 Å². The molecule has 524 valence electrons. The Morgan fingerprint density at radius 3 is 0.875 bits per heavy atom. The minimum atomic E-state index is 0.638. The van der Waals surface area contributed by atoms with Crippen molar-refractivity contribution in [2.45, 2.75) is 0 Å². The number of hydrogen-bond acceptors (Lipinski definition) is 8. The van der Waals surface area contributed by atoms with E-state index in [1.165, 1.54) is 49.3 Å². The zero-order valence-electron chi connectivity index (χ0n) is 60.3. The molecule has 0 aliphatic heterocycles. The van der Waals surface area contributed by atoms with Gasteiger partial charge in [0.1, 0.15) is 22.3 Å². The Balaban J connectivity index is 0.000000141. The third kappa shape index (κ3) is 11.9. The number of rotatable bonds is 12. The predicted molar refractivity (Wildman–Crippen MR) is 457 cm³/mol. The molecule has 10 nitrogen and oxygen atoms in total. The van der Waals surface area contributed by atoms with Crippen LogP contribution in [0.15, 0.2) is 397 Å². The van der Waals surface area contributed by atoms with Crippen LogP contribution in [-0.2, 0) is 0 Å². The van der Waals surface area contributed by atoms with Crippen LogP contribution in [0, 0.1) is 0 Å². The molecule has 22 aromatic rings. The van der Waals surface area contributed by atoms with Crippen molar-refractivity contribution in [2.75, 3.05) is 0 Å². The molecule has 0 radical (unpaired) electrons. The topological polar surface area (TPSA) is 113 Å². The highest BCUT2D eigenvalue weighted by Crippen LogP contribution is 2.42. The Kier molecular flexibility index (Phi) is 16.0. The Hall–Kier alpha value is -15.3. The minimum Gasteiger partial charge on any atom is -0.456 e. The van der Waals surface area contributed by atoms with Crippen molar-refractivity contribution in [2.24, 2.45) is 0 Å². The molecule has 0 saturated heterocycles. The second-order valence-corrected chi connectivity index (χ2v) is 28.1. The van der Waals surface area contributed by atoms with Gasteiger partial charge in [-0.25, -0.2) is 29.9 Å². The van der Waals surface area contributed by atoms with Crippen LogP contribution in [-0.4, -0.2) is 39.0 Å². The lowest BCUT2D eigenvalue weighted by molar-refractivity contribution is 0.668. The predicted octanol–water partition coefficient (Wildman–Crippen LogP) is 26.4. The van der Waals surface area contributed by atoms with Crippen molar-refractivity contribution in [1.82, 2.24) is 39.0 Å². The summed E-state index contributed by atoms with van der Waals surface area (Å²) in [5.41, 5.74) is 25.3. The van der Waals surface area contributed by atoms with Crippen LogP contribution in [0.3, 0.4) is 0 Å². The summed E-state index contributed by atoms with van der Waals surface area (Å²) < 4.78 is 17.0. The third-order valence-electron chi connectivity index (χ3n) is 21.3. The summed E-state index contributed by atoms with van der Waals surface area (Å²) in [5, 5.41) is 9.41. The summed E-state index contributed by atoms with van der Waals surface area (Å²) in [6.07, 6.45) is 0. The molecule has 0 saturated carbocycles. The molecule has 22 rings (SSSR count). The van der Waals surface area contributed by atoms with Gasteiger partial charge in [0.25, 0.3) is 0 Å². The number of para-hydroxylation sites is 4. The first-order valence-corrected chi connectivity index (χ1v) is 37.5. The number of aromatic nitrogens is 8. The average molecular weight is 1430 g/mol. The van der Waals surface area contributed by atoms with E-state index in [2.05, 4.69) is 252 Å². The van der Waals surface area contributed by atoms with Crippen LogP contribution in [0.4, 0.5) is 0 Å². The van der Waals surface area contributed by atoms with Gasteiger partial charge < -0.3 is 18.0 Å². The second-order valence-electron chi connectivity index (χ2n) is 28.1. The number of furan rings is 2. The lowest BCUT2D eigenvalue weighted by Crippen LogP contribution is -2.00.